The first-order valence-electron chi connectivity index (χ1n) is 8.48. The van der Waals surface area contributed by atoms with Crippen molar-refractivity contribution in [3.8, 4) is 0 Å². The van der Waals surface area contributed by atoms with Crippen molar-refractivity contribution in [2.75, 3.05) is 7.05 Å². The number of aromatic nitrogens is 3. The zero-order valence-electron chi connectivity index (χ0n) is 14.4. The van der Waals surface area contributed by atoms with Crippen LogP contribution in [0.3, 0.4) is 0 Å². The van der Waals surface area contributed by atoms with E-state index in [4.69, 9.17) is 0 Å². The van der Waals surface area contributed by atoms with Gasteiger partial charge in [0.05, 0.1) is 6.54 Å². The highest BCUT2D eigenvalue weighted by Crippen LogP contribution is 2.13. The SMILES string of the molecule is CN=C(NCc1nnc2n1CCC2)NC(C)CCCC(C)C. The van der Waals surface area contributed by atoms with Crippen LogP contribution in [0, 0.1) is 5.92 Å². The third-order valence-corrected chi connectivity index (χ3v) is 4.13. The van der Waals surface area contributed by atoms with E-state index in [1.54, 1.807) is 0 Å². The highest BCUT2D eigenvalue weighted by Gasteiger charge is 2.17. The lowest BCUT2D eigenvalue weighted by Crippen LogP contribution is -2.42. The molecule has 0 bridgehead atoms. The van der Waals surface area contributed by atoms with Crippen LogP contribution in [-0.4, -0.2) is 33.8 Å². The molecule has 1 aromatic heterocycles. The summed E-state index contributed by atoms with van der Waals surface area (Å²) in [4.78, 5) is 4.30. The zero-order chi connectivity index (χ0) is 15.9. The fourth-order valence-corrected chi connectivity index (χ4v) is 2.84. The Morgan fingerprint density at radius 3 is 2.82 bits per heavy atom. The zero-order valence-corrected chi connectivity index (χ0v) is 14.4. The summed E-state index contributed by atoms with van der Waals surface area (Å²) < 4.78 is 2.21. The van der Waals surface area contributed by atoms with Crippen molar-refractivity contribution >= 4 is 5.96 Å². The van der Waals surface area contributed by atoms with Crippen LogP contribution in [-0.2, 0) is 19.5 Å². The monoisotopic (exact) mass is 306 g/mol. The molecule has 0 amide bonds. The van der Waals surface area contributed by atoms with Crippen LogP contribution in [0.4, 0.5) is 0 Å². The van der Waals surface area contributed by atoms with Crippen LogP contribution >= 0.6 is 0 Å². The van der Waals surface area contributed by atoms with E-state index >= 15 is 0 Å². The minimum Gasteiger partial charge on any atom is -0.354 e. The molecule has 1 aromatic rings. The molecule has 2 rings (SSSR count). The van der Waals surface area contributed by atoms with Crippen LogP contribution in [0.2, 0.25) is 0 Å². The van der Waals surface area contributed by atoms with Crippen LogP contribution in [0.25, 0.3) is 0 Å². The molecular formula is C16H30N6. The number of fused-ring (bicyclic) bond motifs is 1. The highest BCUT2D eigenvalue weighted by molar-refractivity contribution is 5.79. The number of aryl methyl sites for hydroxylation is 1. The number of hydrogen-bond donors (Lipinski definition) is 2. The third kappa shape index (κ3) is 4.71. The average molecular weight is 306 g/mol. The number of nitrogens with one attached hydrogen (secondary N) is 2. The second kappa shape index (κ2) is 8.15. The molecule has 1 atom stereocenters. The second-order valence-electron chi connectivity index (χ2n) is 6.58. The molecule has 22 heavy (non-hydrogen) atoms. The number of nitrogens with zero attached hydrogens (tertiary/aromatic N) is 4. The van der Waals surface area contributed by atoms with Gasteiger partial charge in [-0.1, -0.05) is 26.7 Å². The lowest BCUT2D eigenvalue weighted by atomic mass is 10.0. The van der Waals surface area contributed by atoms with Gasteiger partial charge in [0, 0.05) is 26.1 Å². The summed E-state index contributed by atoms with van der Waals surface area (Å²) in [6.45, 7) is 8.47. The first-order valence-corrected chi connectivity index (χ1v) is 8.48. The van der Waals surface area contributed by atoms with Crippen LogP contribution in [0.5, 0.6) is 0 Å². The average Bonchev–Trinajstić information content (AvgIpc) is 3.06. The first kappa shape index (κ1) is 16.8. The summed E-state index contributed by atoms with van der Waals surface area (Å²) in [7, 11) is 1.81. The van der Waals surface area contributed by atoms with Gasteiger partial charge in [0.1, 0.15) is 5.82 Å². The Hall–Kier alpha value is -1.59. The minimum absolute atomic E-state index is 0.425. The molecule has 1 aliphatic heterocycles. The molecule has 0 aromatic carbocycles. The van der Waals surface area contributed by atoms with Crippen molar-refractivity contribution in [3.05, 3.63) is 11.6 Å². The molecule has 0 saturated heterocycles. The summed E-state index contributed by atoms with van der Waals surface area (Å²) in [6.07, 6.45) is 5.92. The van der Waals surface area contributed by atoms with Gasteiger partial charge < -0.3 is 15.2 Å². The van der Waals surface area contributed by atoms with E-state index in [2.05, 4.69) is 51.2 Å². The van der Waals surface area contributed by atoms with Crippen LogP contribution in [0.1, 0.15) is 58.1 Å². The molecule has 0 spiro atoms. The van der Waals surface area contributed by atoms with Crippen molar-refractivity contribution in [2.24, 2.45) is 10.9 Å². The van der Waals surface area contributed by atoms with Crippen molar-refractivity contribution in [2.45, 2.75) is 72.0 Å². The molecular weight excluding hydrogens is 276 g/mol. The molecule has 1 unspecified atom stereocenters. The minimum atomic E-state index is 0.425. The summed E-state index contributed by atoms with van der Waals surface area (Å²) in [5, 5.41) is 15.3. The van der Waals surface area contributed by atoms with Gasteiger partial charge in [0.15, 0.2) is 11.8 Å². The Bertz CT molecular complexity index is 491. The highest BCUT2D eigenvalue weighted by atomic mass is 15.3. The van der Waals surface area contributed by atoms with E-state index in [0.29, 0.717) is 12.6 Å². The fraction of sp³-hybridized carbons (Fsp3) is 0.812. The summed E-state index contributed by atoms with van der Waals surface area (Å²) >= 11 is 0. The van der Waals surface area contributed by atoms with Crippen LogP contribution in [0.15, 0.2) is 4.99 Å². The van der Waals surface area contributed by atoms with Gasteiger partial charge in [-0.3, -0.25) is 4.99 Å². The Balaban J connectivity index is 1.75. The predicted molar refractivity (Wildman–Crippen MR) is 89.8 cm³/mol. The van der Waals surface area contributed by atoms with E-state index in [1.165, 1.54) is 25.7 Å². The van der Waals surface area contributed by atoms with Crippen molar-refractivity contribution in [1.82, 2.24) is 25.4 Å². The number of rotatable bonds is 7. The van der Waals surface area contributed by atoms with Crippen molar-refractivity contribution in [1.29, 1.82) is 0 Å². The Kier molecular flexibility index (Phi) is 6.21. The van der Waals surface area contributed by atoms with Gasteiger partial charge in [-0.2, -0.15) is 0 Å². The van der Waals surface area contributed by atoms with Gasteiger partial charge in [0.25, 0.3) is 0 Å². The van der Waals surface area contributed by atoms with Crippen molar-refractivity contribution < 1.29 is 0 Å². The molecule has 6 heteroatoms. The predicted octanol–water partition coefficient (Wildman–Crippen LogP) is 2.10. The van der Waals surface area contributed by atoms with E-state index in [-0.39, 0.29) is 0 Å². The summed E-state index contributed by atoms with van der Waals surface area (Å²) in [5.41, 5.74) is 0. The molecule has 2 N–H and O–H groups in total. The number of hydrogen-bond acceptors (Lipinski definition) is 3. The van der Waals surface area contributed by atoms with Gasteiger partial charge in [-0.15, -0.1) is 10.2 Å². The standard InChI is InChI=1S/C16H30N6/c1-12(2)7-5-8-13(3)19-16(17-4)18-11-15-21-20-14-9-6-10-22(14)15/h12-13H,5-11H2,1-4H3,(H2,17,18,19). The van der Waals surface area contributed by atoms with E-state index in [9.17, 15) is 0 Å². The Morgan fingerprint density at radius 1 is 1.27 bits per heavy atom. The fourth-order valence-electron chi connectivity index (χ4n) is 2.84. The maximum atomic E-state index is 4.30. The molecule has 6 nitrogen and oxygen atoms in total. The van der Waals surface area contributed by atoms with Gasteiger partial charge in [-0.05, 0) is 25.7 Å². The molecule has 0 radical (unpaired) electrons. The molecule has 1 aliphatic rings. The Morgan fingerprint density at radius 2 is 2.09 bits per heavy atom. The topological polar surface area (TPSA) is 67.1 Å². The maximum absolute atomic E-state index is 4.30. The molecule has 0 fully saturated rings. The van der Waals surface area contributed by atoms with Gasteiger partial charge in [0.2, 0.25) is 0 Å². The number of aliphatic imine (C=N–C) groups is 1. The third-order valence-electron chi connectivity index (χ3n) is 4.13. The van der Waals surface area contributed by atoms with E-state index in [0.717, 1.165) is 36.5 Å². The lowest BCUT2D eigenvalue weighted by molar-refractivity contribution is 0.491. The van der Waals surface area contributed by atoms with Gasteiger partial charge >= 0.3 is 0 Å². The lowest BCUT2D eigenvalue weighted by Gasteiger charge is -2.18. The summed E-state index contributed by atoms with van der Waals surface area (Å²) in [6, 6.07) is 0.425. The van der Waals surface area contributed by atoms with Crippen LogP contribution < -0.4 is 10.6 Å². The first-order chi connectivity index (χ1) is 10.6. The molecule has 124 valence electrons. The van der Waals surface area contributed by atoms with E-state index in [1.807, 2.05) is 7.05 Å². The van der Waals surface area contributed by atoms with E-state index < -0.39 is 0 Å². The second-order valence-corrected chi connectivity index (χ2v) is 6.58. The number of guanidine groups is 1. The molecule has 2 heterocycles. The normalized spacial score (nSPS) is 16.0. The smallest absolute Gasteiger partial charge is 0.191 e. The maximum Gasteiger partial charge on any atom is 0.191 e. The van der Waals surface area contributed by atoms with Crippen molar-refractivity contribution in [3.63, 3.8) is 0 Å². The molecule has 0 saturated carbocycles. The Labute approximate surface area is 133 Å². The molecule has 0 aliphatic carbocycles. The van der Waals surface area contributed by atoms with Gasteiger partial charge in [-0.25, -0.2) is 0 Å². The summed E-state index contributed by atoms with van der Waals surface area (Å²) in [5.74, 6) is 3.73. The largest absolute Gasteiger partial charge is 0.354 e. The quantitative estimate of drug-likeness (QED) is 0.598.